The molecule has 8 nitrogen and oxygen atoms in total. The molecule has 0 amide bonds. The van der Waals surface area contributed by atoms with Gasteiger partial charge in [-0.2, -0.15) is 0 Å². The number of Topliss-reactive ketones (excluding diaryl/α,β-unsaturated/α-hetero) is 4. The number of hydrogen-bond donors (Lipinski definition) is 3. The smallest absolute Gasteiger partial charge is 0.306 e. The molecule has 2 saturated carbocycles. The first-order valence-electron chi connectivity index (χ1n) is 13.8. The third-order valence-electron chi connectivity index (χ3n) is 11.5. The maximum absolute atomic E-state index is 14.1. The SMILES string of the molecule is CC(CC(=O)C[C@@H](C)[C@H]1CC(=O)[C@@]2(C)C3=C(C(=O)[C@@H](O)[C@]12C)[C@@]1(C)CCC(=O)C(C)(C)C1C[C@@H]3O)C(=O)O. The zero-order valence-electron chi connectivity index (χ0n) is 23.6. The Hall–Kier alpha value is -2.19. The Morgan fingerprint density at radius 1 is 0.974 bits per heavy atom. The summed E-state index contributed by atoms with van der Waals surface area (Å²) in [7, 11) is 0. The van der Waals surface area contributed by atoms with Gasteiger partial charge in [-0.25, -0.2) is 0 Å². The lowest BCUT2D eigenvalue weighted by Gasteiger charge is -2.61. The van der Waals surface area contributed by atoms with Gasteiger partial charge >= 0.3 is 5.97 Å². The lowest BCUT2D eigenvalue weighted by Crippen LogP contribution is -2.64. The van der Waals surface area contributed by atoms with E-state index >= 15 is 0 Å². The number of carboxylic acids is 1. The second-order valence-corrected chi connectivity index (χ2v) is 13.7. The lowest BCUT2D eigenvalue weighted by atomic mass is 9.42. The molecule has 0 aliphatic heterocycles. The van der Waals surface area contributed by atoms with Crippen molar-refractivity contribution in [2.45, 2.75) is 99.2 Å². The van der Waals surface area contributed by atoms with Gasteiger partial charge in [0, 0.05) is 47.5 Å². The van der Waals surface area contributed by atoms with Crippen molar-refractivity contribution in [3.8, 4) is 0 Å². The molecule has 4 rings (SSSR count). The fourth-order valence-electron chi connectivity index (χ4n) is 8.95. The van der Waals surface area contributed by atoms with Gasteiger partial charge in [0.25, 0.3) is 0 Å². The number of ketones is 4. The van der Waals surface area contributed by atoms with Crippen LogP contribution in [0.5, 0.6) is 0 Å². The molecule has 3 N–H and O–H groups in total. The number of rotatable bonds is 6. The second-order valence-electron chi connectivity index (χ2n) is 13.7. The van der Waals surface area contributed by atoms with Crippen molar-refractivity contribution in [1.29, 1.82) is 0 Å². The molecule has 4 aliphatic carbocycles. The number of aliphatic carboxylic acids is 1. The molecular formula is C30H42O8. The minimum atomic E-state index is -1.51. The predicted octanol–water partition coefficient (Wildman–Crippen LogP) is 3.31. The van der Waals surface area contributed by atoms with E-state index < -0.39 is 57.5 Å². The van der Waals surface area contributed by atoms with Crippen molar-refractivity contribution in [3.63, 3.8) is 0 Å². The molecule has 0 heterocycles. The van der Waals surface area contributed by atoms with Crippen LogP contribution < -0.4 is 0 Å². The fourth-order valence-corrected chi connectivity index (χ4v) is 8.95. The standard InChI is InChI=1S/C30H42O8/c1-14(10-16(31)11-15(2)26(37)38)17-12-21(34)30(7)22-18(32)13-19-27(3,4)20(33)8-9-28(19,5)23(22)24(35)25(36)29(17,30)6/h14-15,17-19,25,32,36H,8-13H2,1-7H3,(H,37,38)/t14-,15?,17-,18+,19?,25-,28+,29+,30+/m1/s1. The minimum Gasteiger partial charge on any atom is -0.481 e. The molecular weight excluding hydrogens is 488 g/mol. The van der Waals surface area contributed by atoms with Crippen LogP contribution >= 0.6 is 0 Å². The van der Waals surface area contributed by atoms with Crippen LogP contribution in [0, 0.1) is 45.3 Å². The summed E-state index contributed by atoms with van der Waals surface area (Å²) in [4.78, 5) is 64.8. The Kier molecular flexibility index (Phi) is 6.76. The van der Waals surface area contributed by atoms with Crippen LogP contribution in [-0.4, -0.2) is 56.6 Å². The summed E-state index contributed by atoms with van der Waals surface area (Å²) in [6, 6.07) is 0. The van der Waals surface area contributed by atoms with Crippen molar-refractivity contribution >= 4 is 29.1 Å². The van der Waals surface area contributed by atoms with Crippen LogP contribution in [0.15, 0.2) is 11.1 Å². The minimum absolute atomic E-state index is 0.0344. The Bertz CT molecular complexity index is 1150. The van der Waals surface area contributed by atoms with E-state index in [0.29, 0.717) is 17.6 Å². The number of aliphatic hydroxyl groups excluding tert-OH is 2. The van der Waals surface area contributed by atoms with E-state index in [0.717, 1.165) is 0 Å². The Morgan fingerprint density at radius 3 is 2.16 bits per heavy atom. The zero-order chi connectivity index (χ0) is 28.7. The van der Waals surface area contributed by atoms with Gasteiger partial charge < -0.3 is 15.3 Å². The highest BCUT2D eigenvalue weighted by molar-refractivity contribution is 6.08. The highest BCUT2D eigenvalue weighted by atomic mass is 16.4. The molecule has 0 aromatic rings. The number of hydrogen-bond acceptors (Lipinski definition) is 7. The normalized spacial score (nSPS) is 41.8. The highest BCUT2D eigenvalue weighted by Gasteiger charge is 2.73. The second kappa shape index (κ2) is 8.91. The van der Waals surface area contributed by atoms with Crippen molar-refractivity contribution in [1.82, 2.24) is 0 Å². The summed E-state index contributed by atoms with van der Waals surface area (Å²) >= 11 is 0. The van der Waals surface area contributed by atoms with E-state index in [1.54, 1.807) is 13.8 Å². The van der Waals surface area contributed by atoms with Crippen molar-refractivity contribution in [2.24, 2.45) is 45.3 Å². The molecule has 0 radical (unpaired) electrons. The molecule has 38 heavy (non-hydrogen) atoms. The first kappa shape index (κ1) is 28.8. The number of aliphatic hydroxyl groups is 2. The molecule has 0 bridgehead atoms. The number of carbonyl (C=O) groups excluding carboxylic acids is 4. The highest BCUT2D eigenvalue weighted by Crippen LogP contribution is 2.70. The molecule has 210 valence electrons. The van der Waals surface area contributed by atoms with Gasteiger partial charge in [0.2, 0.25) is 0 Å². The lowest BCUT2D eigenvalue weighted by molar-refractivity contribution is -0.158. The third kappa shape index (κ3) is 3.58. The van der Waals surface area contributed by atoms with Gasteiger partial charge in [-0.15, -0.1) is 0 Å². The molecule has 0 saturated heterocycles. The Morgan fingerprint density at radius 2 is 1.58 bits per heavy atom. The predicted molar refractivity (Wildman–Crippen MR) is 138 cm³/mol. The van der Waals surface area contributed by atoms with Crippen LogP contribution in [0.25, 0.3) is 0 Å². The van der Waals surface area contributed by atoms with Gasteiger partial charge in [0.15, 0.2) is 5.78 Å². The van der Waals surface area contributed by atoms with E-state index in [2.05, 4.69) is 0 Å². The Labute approximate surface area is 224 Å². The van der Waals surface area contributed by atoms with E-state index in [9.17, 15) is 39.3 Å². The van der Waals surface area contributed by atoms with E-state index in [-0.39, 0.29) is 61.3 Å². The average molecular weight is 531 g/mol. The van der Waals surface area contributed by atoms with Crippen LogP contribution in [0.4, 0.5) is 0 Å². The van der Waals surface area contributed by atoms with Crippen molar-refractivity contribution < 1.29 is 39.3 Å². The summed E-state index contributed by atoms with van der Waals surface area (Å²) in [5, 5.41) is 32.5. The molecule has 0 aromatic carbocycles. The summed E-state index contributed by atoms with van der Waals surface area (Å²) in [5.41, 5.74) is -3.37. The quantitative estimate of drug-likeness (QED) is 0.474. The maximum atomic E-state index is 14.1. The van der Waals surface area contributed by atoms with Gasteiger partial charge in [-0.3, -0.25) is 24.0 Å². The zero-order valence-corrected chi connectivity index (χ0v) is 23.6. The molecule has 8 heteroatoms. The number of fused-ring (bicyclic) bond motifs is 4. The summed E-state index contributed by atoms with van der Waals surface area (Å²) in [6.07, 6.45) is -1.71. The Balaban J connectivity index is 1.80. The van der Waals surface area contributed by atoms with Crippen LogP contribution in [0.2, 0.25) is 0 Å². The number of carbonyl (C=O) groups is 5. The van der Waals surface area contributed by atoms with Gasteiger partial charge in [0.05, 0.1) is 17.4 Å². The van der Waals surface area contributed by atoms with Crippen molar-refractivity contribution in [3.05, 3.63) is 11.1 Å². The molecule has 2 unspecified atom stereocenters. The van der Waals surface area contributed by atoms with Gasteiger partial charge in [-0.1, -0.05) is 41.5 Å². The summed E-state index contributed by atoms with van der Waals surface area (Å²) in [5.74, 6) is -3.91. The third-order valence-corrected chi connectivity index (χ3v) is 11.5. The molecule has 0 spiro atoms. The summed E-state index contributed by atoms with van der Waals surface area (Å²) < 4.78 is 0. The molecule has 2 fully saturated rings. The fraction of sp³-hybridized carbons (Fsp3) is 0.767. The average Bonchev–Trinajstić information content (AvgIpc) is 3.03. The first-order chi connectivity index (χ1) is 17.4. The number of carboxylic acid groups (broad SMARTS) is 1. The topological polar surface area (TPSA) is 146 Å². The summed E-state index contributed by atoms with van der Waals surface area (Å²) in [6.45, 7) is 12.4. The van der Waals surface area contributed by atoms with Crippen LogP contribution in [-0.2, 0) is 24.0 Å². The van der Waals surface area contributed by atoms with E-state index in [1.807, 2.05) is 27.7 Å². The molecule has 0 aromatic heterocycles. The van der Waals surface area contributed by atoms with Gasteiger partial charge in [0.1, 0.15) is 23.5 Å². The largest absolute Gasteiger partial charge is 0.481 e. The van der Waals surface area contributed by atoms with Gasteiger partial charge in [-0.05, 0) is 43.1 Å². The van der Waals surface area contributed by atoms with Crippen LogP contribution in [0.3, 0.4) is 0 Å². The van der Waals surface area contributed by atoms with E-state index in [1.165, 1.54) is 6.92 Å². The molecule has 9 atom stereocenters. The molecule has 4 aliphatic rings. The van der Waals surface area contributed by atoms with E-state index in [4.69, 9.17) is 0 Å². The monoisotopic (exact) mass is 530 g/mol. The maximum Gasteiger partial charge on any atom is 0.306 e. The van der Waals surface area contributed by atoms with Crippen LogP contribution in [0.1, 0.15) is 87.0 Å². The first-order valence-corrected chi connectivity index (χ1v) is 13.8. The van der Waals surface area contributed by atoms with Crippen molar-refractivity contribution in [2.75, 3.05) is 0 Å².